The normalized spacial score (nSPS) is 14.2. The Morgan fingerprint density at radius 1 is 1.45 bits per heavy atom. The predicted octanol–water partition coefficient (Wildman–Crippen LogP) is 1.07. The van der Waals surface area contributed by atoms with Crippen LogP contribution in [0.2, 0.25) is 0 Å². The van der Waals surface area contributed by atoms with E-state index >= 15 is 0 Å². The molecule has 1 aromatic heterocycles. The number of nitrogens with zero attached hydrogens (tertiary/aromatic N) is 3. The molecular formula is C12H17N5O3. The lowest BCUT2D eigenvalue weighted by Gasteiger charge is -2.15. The van der Waals surface area contributed by atoms with Gasteiger partial charge in [-0.25, -0.2) is 4.98 Å². The number of amides is 1. The Morgan fingerprint density at radius 2 is 2.15 bits per heavy atom. The van der Waals surface area contributed by atoms with E-state index in [4.69, 9.17) is 0 Å². The van der Waals surface area contributed by atoms with Gasteiger partial charge in [-0.2, -0.15) is 0 Å². The van der Waals surface area contributed by atoms with Gasteiger partial charge in [0.1, 0.15) is 5.82 Å². The second kappa shape index (κ2) is 6.18. The number of pyridine rings is 1. The molecule has 108 valence electrons. The second-order valence-electron chi connectivity index (χ2n) is 4.51. The van der Waals surface area contributed by atoms with Gasteiger partial charge in [-0.1, -0.05) is 0 Å². The third-order valence-electron chi connectivity index (χ3n) is 3.19. The summed E-state index contributed by atoms with van der Waals surface area (Å²) in [5, 5.41) is 16.5. The second-order valence-corrected chi connectivity index (χ2v) is 4.51. The van der Waals surface area contributed by atoms with Crippen molar-refractivity contribution in [3.05, 3.63) is 22.2 Å². The Hall–Kier alpha value is -2.38. The van der Waals surface area contributed by atoms with Crippen LogP contribution >= 0.6 is 0 Å². The first kappa shape index (κ1) is 14.0. The smallest absolute Gasteiger partial charge is 0.311 e. The van der Waals surface area contributed by atoms with E-state index in [1.54, 1.807) is 11.9 Å². The maximum atomic E-state index is 11.9. The number of hydrogen-bond donors (Lipinski definition) is 2. The van der Waals surface area contributed by atoms with Gasteiger partial charge in [0, 0.05) is 26.2 Å². The average Bonchev–Trinajstić information content (AvgIpc) is 2.98. The molecule has 1 amide bonds. The molecule has 0 radical (unpaired) electrons. The quantitative estimate of drug-likeness (QED) is 0.617. The topological polar surface area (TPSA) is 100 Å². The summed E-state index contributed by atoms with van der Waals surface area (Å²) in [6, 6.07) is 2.88. The largest absolute Gasteiger partial charge is 0.373 e. The fourth-order valence-electron chi connectivity index (χ4n) is 2.11. The predicted molar refractivity (Wildman–Crippen MR) is 74.7 cm³/mol. The Bertz CT molecular complexity index is 514. The van der Waals surface area contributed by atoms with Crippen molar-refractivity contribution < 1.29 is 9.72 Å². The molecular weight excluding hydrogens is 262 g/mol. The van der Waals surface area contributed by atoms with E-state index in [1.165, 1.54) is 12.1 Å². The number of rotatable bonds is 5. The van der Waals surface area contributed by atoms with Crippen LogP contribution in [0.5, 0.6) is 0 Å². The van der Waals surface area contributed by atoms with Crippen LogP contribution in [0.15, 0.2) is 12.1 Å². The van der Waals surface area contributed by atoms with E-state index in [0.29, 0.717) is 5.82 Å². The fourth-order valence-corrected chi connectivity index (χ4v) is 2.11. The van der Waals surface area contributed by atoms with Gasteiger partial charge in [0.05, 0.1) is 11.5 Å². The number of hydrogen-bond acceptors (Lipinski definition) is 6. The molecule has 0 spiro atoms. The number of aromatic nitrogens is 1. The molecule has 0 atom stereocenters. The van der Waals surface area contributed by atoms with Crippen molar-refractivity contribution in [1.29, 1.82) is 0 Å². The van der Waals surface area contributed by atoms with Gasteiger partial charge >= 0.3 is 5.69 Å². The molecule has 1 aliphatic rings. The lowest BCUT2D eigenvalue weighted by molar-refractivity contribution is -0.384. The molecule has 2 heterocycles. The van der Waals surface area contributed by atoms with Crippen molar-refractivity contribution in [2.24, 2.45) is 0 Å². The third kappa shape index (κ3) is 3.14. The molecule has 1 aromatic rings. The maximum absolute atomic E-state index is 11.9. The van der Waals surface area contributed by atoms with Crippen LogP contribution in [0, 0.1) is 10.1 Å². The minimum Gasteiger partial charge on any atom is -0.373 e. The van der Waals surface area contributed by atoms with Gasteiger partial charge < -0.3 is 15.5 Å². The highest BCUT2D eigenvalue weighted by Gasteiger charge is 2.20. The SMILES string of the molecule is CNc1ccc([N+](=O)[O-])c(NCC(=O)N2CCCC2)n1. The van der Waals surface area contributed by atoms with Crippen molar-refractivity contribution in [1.82, 2.24) is 9.88 Å². The molecule has 2 rings (SSSR count). The molecule has 1 saturated heterocycles. The van der Waals surface area contributed by atoms with Gasteiger partial charge in [-0.05, 0) is 18.9 Å². The Morgan fingerprint density at radius 3 is 2.75 bits per heavy atom. The van der Waals surface area contributed by atoms with Gasteiger partial charge in [0.25, 0.3) is 0 Å². The average molecular weight is 279 g/mol. The van der Waals surface area contributed by atoms with E-state index in [-0.39, 0.29) is 24.0 Å². The lowest BCUT2D eigenvalue weighted by Crippen LogP contribution is -2.33. The van der Waals surface area contributed by atoms with Gasteiger partial charge in [0.15, 0.2) is 0 Å². The van der Waals surface area contributed by atoms with Gasteiger partial charge in [-0.15, -0.1) is 0 Å². The molecule has 0 bridgehead atoms. The van der Waals surface area contributed by atoms with Crippen LogP contribution in [0.4, 0.5) is 17.3 Å². The lowest BCUT2D eigenvalue weighted by atomic mass is 10.3. The highest BCUT2D eigenvalue weighted by atomic mass is 16.6. The van der Waals surface area contributed by atoms with Crippen molar-refractivity contribution in [3.63, 3.8) is 0 Å². The summed E-state index contributed by atoms with van der Waals surface area (Å²) >= 11 is 0. The van der Waals surface area contributed by atoms with Crippen LogP contribution in [0.1, 0.15) is 12.8 Å². The van der Waals surface area contributed by atoms with Crippen molar-refractivity contribution in [2.75, 3.05) is 37.3 Å². The summed E-state index contributed by atoms with van der Waals surface area (Å²) in [6.45, 7) is 1.53. The number of carbonyl (C=O) groups is 1. The minimum absolute atomic E-state index is 0.0149. The minimum atomic E-state index is -0.519. The first-order valence-electron chi connectivity index (χ1n) is 6.46. The molecule has 1 fully saturated rings. The number of nitro groups is 1. The Balaban J connectivity index is 2.06. The maximum Gasteiger partial charge on any atom is 0.311 e. The number of anilines is 2. The number of nitrogens with one attached hydrogen (secondary N) is 2. The molecule has 0 saturated carbocycles. The standard InChI is InChI=1S/C12H17N5O3/c1-13-10-5-4-9(17(19)20)12(15-10)14-8-11(18)16-6-2-3-7-16/h4-5H,2-3,6-8H2,1H3,(H2,13,14,15). The van der Waals surface area contributed by atoms with Crippen LogP contribution in [-0.4, -0.2) is 47.4 Å². The zero-order chi connectivity index (χ0) is 14.5. The van der Waals surface area contributed by atoms with E-state index in [2.05, 4.69) is 15.6 Å². The van der Waals surface area contributed by atoms with E-state index in [1.807, 2.05) is 0 Å². The summed E-state index contributed by atoms with van der Waals surface area (Å²) in [5.74, 6) is 0.551. The highest BCUT2D eigenvalue weighted by Crippen LogP contribution is 2.23. The zero-order valence-corrected chi connectivity index (χ0v) is 11.3. The summed E-state index contributed by atoms with van der Waals surface area (Å²) in [4.78, 5) is 28.1. The highest BCUT2D eigenvalue weighted by molar-refractivity contribution is 5.81. The number of carbonyl (C=O) groups excluding carboxylic acids is 1. The summed E-state index contributed by atoms with van der Waals surface area (Å²) in [7, 11) is 1.67. The van der Waals surface area contributed by atoms with Crippen molar-refractivity contribution in [2.45, 2.75) is 12.8 Å². The molecule has 2 N–H and O–H groups in total. The zero-order valence-electron chi connectivity index (χ0n) is 11.3. The third-order valence-corrected chi connectivity index (χ3v) is 3.19. The van der Waals surface area contributed by atoms with Crippen LogP contribution in [0.3, 0.4) is 0 Å². The Labute approximate surface area is 116 Å². The van der Waals surface area contributed by atoms with E-state index in [9.17, 15) is 14.9 Å². The first-order valence-corrected chi connectivity index (χ1v) is 6.46. The Kier molecular flexibility index (Phi) is 4.34. The molecule has 0 aliphatic carbocycles. The summed E-state index contributed by atoms with van der Waals surface area (Å²) in [5.41, 5.74) is -0.141. The molecule has 8 heteroatoms. The molecule has 0 unspecified atom stereocenters. The molecule has 0 aromatic carbocycles. The first-order chi connectivity index (χ1) is 9.61. The van der Waals surface area contributed by atoms with Crippen molar-refractivity contribution in [3.8, 4) is 0 Å². The van der Waals surface area contributed by atoms with Crippen LogP contribution in [0.25, 0.3) is 0 Å². The monoisotopic (exact) mass is 279 g/mol. The van der Waals surface area contributed by atoms with Crippen molar-refractivity contribution >= 4 is 23.2 Å². The number of likely N-dealkylation sites (tertiary alicyclic amines) is 1. The van der Waals surface area contributed by atoms with Crippen LogP contribution in [-0.2, 0) is 4.79 Å². The van der Waals surface area contributed by atoms with E-state index < -0.39 is 4.92 Å². The van der Waals surface area contributed by atoms with E-state index in [0.717, 1.165) is 25.9 Å². The molecule has 8 nitrogen and oxygen atoms in total. The fraction of sp³-hybridized carbons (Fsp3) is 0.500. The summed E-state index contributed by atoms with van der Waals surface area (Å²) in [6.07, 6.45) is 2.03. The molecule has 1 aliphatic heterocycles. The van der Waals surface area contributed by atoms with Crippen LogP contribution < -0.4 is 10.6 Å². The molecule has 20 heavy (non-hydrogen) atoms. The summed E-state index contributed by atoms with van der Waals surface area (Å²) < 4.78 is 0. The van der Waals surface area contributed by atoms with Gasteiger partial charge in [0.2, 0.25) is 11.7 Å². The van der Waals surface area contributed by atoms with Gasteiger partial charge in [-0.3, -0.25) is 14.9 Å².